The Labute approximate surface area is 467 Å². The van der Waals surface area contributed by atoms with Crippen molar-refractivity contribution in [2.45, 2.75) is 303 Å². The van der Waals surface area contributed by atoms with E-state index in [9.17, 15) is 43.2 Å². The minimum absolute atomic E-state index is 0.0987. The van der Waals surface area contributed by atoms with Gasteiger partial charge >= 0.3 is 39.5 Å². The van der Waals surface area contributed by atoms with Crippen LogP contribution in [0.5, 0.6) is 0 Å². The molecule has 0 aliphatic rings. The molecule has 0 rings (SSSR count). The number of ether oxygens (including phenoxy) is 4. The van der Waals surface area contributed by atoms with E-state index >= 15 is 0 Å². The van der Waals surface area contributed by atoms with Crippen molar-refractivity contribution in [2.24, 2.45) is 5.92 Å². The van der Waals surface area contributed by atoms with Gasteiger partial charge in [0.25, 0.3) is 0 Å². The number of aliphatic hydroxyl groups excluding tert-OH is 1. The van der Waals surface area contributed by atoms with Crippen LogP contribution in [0.2, 0.25) is 0 Å². The lowest BCUT2D eigenvalue weighted by Gasteiger charge is -2.21. The number of phosphoric ester groups is 2. The molecule has 0 radical (unpaired) electrons. The third-order valence-electron chi connectivity index (χ3n) is 13.6. The van der Waals surface area contributed by atoms with Gasteiger partial charge in [-0.05, 0) is 31.6 Å². The molecule has 0 aromatic heterocycles. The summed E-state index contributed by atoms with van der Waals surface area (Å²) < 4.78 is 67.3. The number of aliphatic hydroxyl groups is 1. The highest BCUT2D eigenvalue weighted by atomic mass is 31.2. The minimum Gasteiger partial charge on any atom is -0.462 e. The molecule has 6 atom stereocenters. The lowest BCUT2D eigenvalue weighted by atomic mass is 9.99. The zero-order chi connectivity index (χ0) is 57.1. The lowest BCUT2D eigenvalue weighted by molar-refractivity contribution is -0.161. The van der Waals surface area contributed by atoms with Crippen molar-refractivity contribution in [2.75, 3.05) is 39.6 Å². The molecule has 456 valence electrons. The Kier molecular flexibility index (Phi) is 50.8. The molecule has 19 heteroatoms. The van der Waals surface area contributed by atoms with Crippen LogP contribution >= 0.6 is 15.6 Å². The summed E-state index contributed by atoms with van der Waals surface area (Å²) in [6.45, 7) is 6.99. The fourth-order valence-corrected chi connectivity index (χ4v) is 10.1. The van der Waals surface area contributed by atoms with Crippen LogP contribution < -0.4 is 0 Å². The maximum atomic E-state index is 12.9. The molecule has 17 nitrogen and oxygen atoms in total. The summed E-state index contributed by atoms with van der Waals surface area (Å²) in [4.78, 5) is 71.4. The predicted octanol–water partition coefficient (Wildman–Crippen LogP) is 15.5. The van der Waals surface area contributed by atoms with Gasteiger partial charge in [0.2, 0.25) is 0 Å². The minimum atomic E-state index is -4.94. The van der Waals surface area contributed by atoms with Crippen LogP contribution in [-0.4, -0.2) is 96.7 Å². The topological polar surface area (TPSA) is 237 Å². The molecule has 77 heavy (non-hydrogen) atoms. The normalized spacial score (nSPS) is 14.8. The zero-order valence-corrected chi connectivity index (χ0v) is 50.9. The van der Waals surface area contributed by atoms with E-state index in [2.05, 4.69) is 34.6 Å². The number of hydrogen-bond donors (Lipinski definition) is 3. The molecular formula is C58H112O17P2. The van der Waals surface area contributed by atoms with Crippen molar-refractivity contribution in [1.82, 2.24) is 0 Å². The van der Waals surface area contributed by atoms with Gasteiger partial charge in [-0.15, -0.1) is 0 Å². The first kappa shape index (κ1) is 75.1. The Balaban J connectivity index is 5.14. The second-order valence-corrected chi connectivity index (χ2v) is 24.2. The van der Waals surface area contributed by atoms with Gasteiger partial charge in [0.05, 0.1) is 26.4 Å². The van der Waals surface area contributed by atoms with Crippen molar-refractivity contribution >= 4 is 39.5 Å². The maximum Gasteiger partial charge on any atom is 0.472 e. The second-order valence-electron chi connectivity index (χ2n) is 21.3. The molecule has 0 bridgehead atoms. The van der Waals surface area contributed by atoms with E-state index < -0.39 is 97.5 Å². The molecule has 0 aromatic carbocycles. The number of esters is 4. The van der Waals surface area contributed by atoms with Crippen LogP contribution in [0.3, 0.4) is 0 Å². The van der Waals surface area contributed by atoms with Gasteiger partial charge in [-0.3, -0.25) is 37.3 Å². The number of carbonyl (C=O) groups excluding carboxylic acids is 4. The van der Waals surface area contributed by atoms with Crippen LogP contribution in [0.15, 0.2) is 0 Å². The summed E-state index contributed by atoms with van der Waals surface area (Å²) >= 11 is 0. The van der Waals surface area contributed by atoms with Crippen molar-refractivity contribution in [3.05, 3.63) is 0 Å². The number of rotatable bonds is 58. The summed E-state index contributed by atoms with van der Waals surface area (Å²) in [6.07, 6.45) is 34.1. The Morgan fingerprint density at radius 3 is 0.922 bits per heavy atom. The second kappa shape index (κ2) is 52.2. The van der Waals surface area contributed by atoms with E-state index in [4.69, 9.17) is 37.0 Å². The first-order valence-corrected chi connectivity index (χ1v) is 33.7. The SMILES string of the molecule is CCCCCCCCCCCCCCCC(=O)OC[C@H](COP(=O)(O)OC[C@@H](O)COP(=O)(O)OC[C@@H](COC(=O)CCCCCCC)OC(=O)CCCCCCC)OC(=O)CCCCCCCCCCCCC(C)CC. The van der Waals surface area contributed by atoms with Crippen molar-refractivity contribution in [1.29, 1.82) is 0 Å². The highest BCUT2D eigenvalue weighted by molar-refractivity contribution is 7.47. The molecule has 0 fully saturated rings. The Morgan fingerprint density at radius 1 is 0.364 bits per heavy atom. The van der Waals surface area contributed by atoms with Gasteiger partial charge in [-0.1, -0.05) is 234 Å². The molecule has 0 aliphatic carbocycles. The standard InChI is InChI=1S/C58H112O17P2/c1-6-10-13-16-17-18-19-20-21-25-28-33-37-42-56(61)69-48-54(75-58(63)44-39-34-29-26-23-22-24-27-32-35-40-51(5)9-4)50-73-77(66,67)71-46-52(59)45-70-76(64,65)72-49-53(74-57(62)43-38-31-15-12-8-3)47-68-55(60)41-36-30-14-11-7-2/h51-54,59H,6-50H2,1-5H3,(H,64,65)(H,66,67)/t51?,52-,53+,54+/m0/s1. The number of phosphoric acid groups is 2. The van der Waals surface area contributed by atoms with Crippen LogP contribution in [0.25, 0.3) is 0 Å². The molecular weight excluding hydrogens is 1030 g/mol. The molecule has 3 N–H and O–H groups in total. The summed E-state index contributed by atoms with van der Waals surface area (Å²) in [5, 5.41) is 10.5. The van der Waals surface area contributed by atoms with Gasteiger partial charge in [0.1, 0.15) is 19.3 Å². The van der Waals surface area contributed by atoms with Gasteiger partial charge < -0.3 is 33.8 Å². The van der Waals surface area contributed by atoms with Crippen LogP contribution in [0, 0.1) is 5.92 Å². The zero-order valence-electron chi connectivity index (χ0n) is 49.1. The van der Waals surface area contributed by atoms with Gasteiger partial charge in [0.15, 0.2) is 12.2 Å². The molecule has 0 heterocycles. The summed E-state index contributed by atoms with van der Waals surface area (Å²) in [5.41, 5.74) is 0. The Bertz CT molecular complexity index is 1520. The highest BCUT2D eigenvalue weighted by Gasteiger charge is 2.30. The van der Waals surface area contributed by atoms with E-state index in [0.717, 1.165) is 102 Å². The van der Waals surface area contributed by atoms with Crippen molar-refractivity contribution < 1.29 is 80.2 Å². The average molecular weight is 1140 g/mol. The molecule has 0 spiro atoms. The molecule has 0 aliphatic heterocycles. The molecule has 0 aromatic rings. The van der Waals surface area contributed by atoms with Crippen LogP contribution in [-0.2, 0) is 65.4 Å². The predicted molar refractivity (Wildman–Crippen MR) is 303 cm³/mol. The summed E-state index contributed by atoms with van der Waals surface area (Å²) in [7, 11) is -9.86. The Hall–Kier alpha value is -1.94. The molecule has 0 saturated carbocycles. The highest BCUT2D eigenvalue weighted by Crippen LogP contribution is 2.45. The number of carbonyl (C=O) groups is 4. The molecule has 0 amide bonds. The van der Waals surface area contributed by atoms with E-state index in [0.29, 0.717) is 25.7 Å². The van der Waals surface area contributed by atoms with E-state index in [1.165, 1.54) is 103 Å². The summed E-state index contributed by atoms with van der Waals surface area (Å²) in [6, 6.07) is 0. The lowest BCUT2D eigenvalue weighted by Crippen LogP contribution is -2.30. The Morgan fingerprint density at radius 2 is 0.623 bits per heavy atom. The van der Waals surface area contributed by atoms with Crippen LogP contribution in [0.4, 0.5) is 0 Å². The van der Waals surface area contributed by atoms with Gasteiger partial charge in [-0.2, -0.15) is 0 Å². The molecule has 0 saturated heterocycles. The van der Waals surface area contributed by atoms with Crippen molar-refractivity contribution in [3.8, 4) is 0 Å². The average Bonchev–Trinajstić information content (AvgIpc) is 3.40. The van der Waals surface area contributed by atoms with E-state index in [-0.39, 0.29) is 25.7 Å². The monoisotopic (exact) mass is 1140 g/mol. The third-order valence-corrected chi connectivity index (χ3v) is 15.5. The maximum absolute atomic E-state index is 12.9. The van der Waals surface area contributed by atoms with Crippen molar-refractivity contribution in [3.63, 3.8) is 0 Å². The molecule has 3 unspecified atom stereocenters. The first-order chi connectivity index (χ1) is 37.1. The van der Waals surface area contributed by atoms with Gasteiger partial charge in [0, 0.05) is 25.7 Å². The quantitative estimate of drug-likeness (QED) is 0.0222. The van der Waals surface area contributed by atoms with Gasteiger partial charge in [-0.25, -0.2) is 9.13 Å². The van der Waals surface area contributed by atoms with Crippen LogP contribution in [0.1, 0.15) is 285 Å². The fourth-order valence-electron chi connectivity index (χ4n) is 8.49. The van der Waals surface area contributed by atoms with E-state index in [1.807, 2.05) is 0 Å². The number of hydrogen-bond acceptors (Lipinski definition) is 15. The number of unbranched alkanes of at least 4 members (excludes halogenated alkanes) is 29. The van der Waals surface area contributed by atoms with E-state index in [1.54, 1.807) is 0 Å². The summed E-state index contributed by atoms with van der Waals surface area (Å²) in [5.74, 6) is -1.36. The fraction of sp³-hybridized carbons (Fsp3) is 0.931. The largest absolute Gasteiger partial charge is 0.472 e. The smallest absolute Gasteiger partial charge is 0.462 e. The first-order valence-electron chi connectivity index (χ1n) is 30.7. The third kappa shape index (κ3) is 51.9.